The first-order valence-electron chi connectivity index (χ1n) is 8.81. The molecule has 2 aromatic rings. The standard InChI is InChI=1S/C18H22N4O2/c1-21-8-13-6-12(21)9-22(13)18(23)17-15-7-14(24-10-11-2-3-11)4-5-16(15)19-20-17/h4-5,7,11-13H,2-3,6,8-10H2,1H3,(H,19,20)/t12-,13-/m0/s1. The average molecular weight is 326 g/mol. The molecule has 1 N–H and O–H groups in total. The molecule has 1 aromatic carbocycles. The molecule has 3 fully saturated rings. The molecule has 1 aliphatic carbocycles. The smallest absolute Gasteiger partial charge is 0.275 e. The van der Waals surface area contributed by atoms with E-state index in [2.05, 4.69) is 22.1 Å². The molecule has 2 aliphatic heterocycles. The number of nitrogens with one attached hydrogen (secondary N) is 1. The van der Waals surface area contributed by atoms with Crippen LogP contribution in [0, 0.1) is 5.92 Å². The fraction of sp³-hybridized carbons (Fsp3) is 0.556. The maximum Gasteiger partial charge on any atom is 0.275 e. The normalized spacial score (nSPS) is 26.5. The summed E-state index contributed by atoms with van der Waals surface area (Å²) < 4.78 is 5.86. The number of carbonyl (C=O) groups excluding carboxylic acids is 1. The van der Waals surface area contributed by atoms with E-state index in [1.165, 1.54) is 12.8 Å². The van der Waals surface area contributed by atoms with Gasteiger partial charge in [-0.1, -0.05) is 0 Å². The molecule has 2 atom stereocenters. The van der Waals surface area contributed by atoms with Gasteiger partial charge in [0.15, 0.2) is 5.69 Å². The molecule has 1 aromatic heterocycles. The molecule has 5 rings (SSSR count). The lowest BCUT2D eigenvalue weighted by molar-refractivity contribution is 0.0646. The van der Waals surface area contributed by atoms with E-state index in [9.17, 15) is 4.79 Å². The molecule has 2 bridgehead atoms. The quantitative estimate of drug-likeness (QED) is 0.932. The third kappa shape index (κ3) is 2.28. The minimum atomic E-state index is 0.0428. The van der Waals surface area contributed by atoms with Gasteiger partial charge in [0, 0.05) is 30.6 Å². The van der Waals surface area contributed by atoms with Crippen molar-refractivity contribution in [1.82, 2.24) is 20.0 Å². The van der Waals surface area contributed by atoms with E-state index in [1.54, 1.807) is 0 Å². The van der Waals surface area contributed by atoms with Crippen LogP contribution in [0.1, 0.15) is 29.8 Å². The number of fused-ring (bicyclic) bond motifs is 3. The highest BCUT2D eigenvalue weighted by atomic mass is 16.5. The Balaban J connectivity index is 1.41. The van der Waals surface area contributed by atoms with Gasteiger partial charge in [0.1, 0.15) is 5.75 Å². The molecule has 0 radical (unpaired) electrons. The second-order valence-corrected chi connectivity index (χ2v) is 7.47. The third-order valence-corrected chi connectivity index (χ3v) is 5.69. The van der Waals surface area contributed by atoms with E-state index in [0.29, 0.717) is 23.7 Å². The van der Waals surface area contributed by atoms with Crippen LogP contribution in [-0.4, -0.2) is 64.7 Å². The summed E-state index contributed by atoms with van der Waals surface area (Å²) >= 11 is 0. The van der Waals surface area contributed by atoms with Gasteiger partial charge in [0.2, 0.25) is 0 Å². The zero-order chi connectivity index (χ0) is 16.3. The first-order chi connectivity index (χ1) is 11.7. The van der Waals surface area contributed by atoms with Crippen LogP contribution in [0.3, 0.4) is 0 Å². The Labute approximate surface area is 140 Å². The van der Waals surface area contributed by atoms with Crippen molar-refractivity contribution in [3.05, 3.63) is 23.9 Å². The second-order valence-electron chi connectivity index (χ2n) is 7.47. The van der Waals surface area contributed by atoms with E-state index < -0.39 is 0 Å². The van der Waals surface area contributed by atoms with Crippen molar-refractivity contribution in [3.8, 4) is 5.75 Å². The summed E-state index contributed by atoms with van der Waals surface area (Å²) in [6, 6.07) is 6.68. The minimum Gasteiger partial charge on any atom is -0.493 e. The van der Waals surface area contributed by atoms with E-state index in [0.717, 1.165) is 42.8 Å². The van der Waals surface area contributed by atoms with Crippen LogP contribution < -0.4 is 4.74 Å². The van der Waals surface area contributed by atoms with Gasteiger partial charge in [-0.3, -0.25) is 14.8 Å². The van der Waals surface area contributed by atoms with E-state index in [4.69, 9.17) is 4.74 Å². The number of benzene rings is 1. The summed E-state index contributed by atoms with van der Waals surface area (Å²) in [6.45, 7) is 2.55. The van der Waals surface area contributed by atoms with Crippen molar-refractivity contribution in [3.63, 3.8) is 0 Å². The van der Waals surface area contributed by atoms with Crippen LogP contribution in [-0.2, 0) is 0 Å². The number of amides is 1. The van der Waals surface area contributed by atoms with Crippen LogP contribution in [0.4, 0.5) is 0 Å². The number of aromatic nitrogens is 2. The number of piperazine rings is 1. The van der Waals surface area contributed by atoms with Crippen LogP contribution in [0.5, 0.6) is 5.75 Å². The van der Waals surface area contributed by atoms with Gasteiger partial charge >= 0.3 is 0 Å². The van der Waals surface area contributed by atoms with Crippen molar-refractivity contribution < 1.29 is 9.53 Å². The van der Waals surface area contributed by atoms with E-state index in [1.807, 2.05) is 23.1 Å². The van der Waals surface area contributed by atoms with Crippen molar-refractivity contribution in [2.24, 2.45) is 5.92 Å². The van der Waals surface area contributed by atoms with Gasteiger partial charge < -0.3 is 9.64 Å². The lowest BCUT2D eigenvalue weighted by Gasteiger charge is -2.31. The van der Waals surface area contributed by atoms with Crippen LogP contribution >= 0.6 is 0 Å². The number of likely N-dealkylation sites (N-methyl/N-ethyl adjacent to an activating group) is 1. The summed E-state index contributed by atoms with van der Waals surface area (Å²) in [5.74, 6) is 1.58. The number of likely N-dealkylation sites (tertiary alicyclic amines) is 2. The van der Waals surface area contributed by atoms with E-state index in [-0.39, 0.29) is 5.91 Å². The third-order valence-electron chi connectivity index (χ3n) is 5.69. The molecule has 3 aliphatic rings. The minimum absolute atomic E-state index is 0.0428. The number of ether oxygens (including phenoxy) is 1. The predicted molar refractivity (Wildman–Crippen MR) is 90.2 cm³/mol. The average Bonchev–Trinajstić information content (AvgIpc) is 3.01. The first kappa shape index (κ1) is 14.3. The van der Waals surface area contributed by atoms with Gasteiger partial charge in [-0.15, -0.1) is 0 Å². The number of carbonyl (C=O) groups is 1. The first-order valence-corrected chi connectivity index (χ1v) is 8.81. The monoisotopic (exact) mass is 326 g/mol. The highest BCUT2D eigenvalue weighted by molar-refractivity contribution is 6.05. The highest BCUT2D eigenvalue weighted by Gasteiger charge is 2.44. The molecule has 0 unspecified atom stereocenters. The summed E-state index contributed by atoms with van der Waals surface area (Å²) in [6.07, 6.45) is 3.62. The number of aromatic amines is 1. The highest BCUT2D eigenvalue weighted by Crippen LogP contribution is 2.33. The molecule has 1 saturated carbocycles. The SMILES string of the molecule is CN1C[C@@H]2C[C@H]1CN2C(=O)c1n[nH]c2ccc(OCC3CC3)cc12. The molecule has 1 amide bonds. The number of nitrogens with zero attached hydrogens (tertiary/aromatic N) is 3. The van der Waals surface area contributed by atoms with Crippen LogP contribution in [0.2, 0.25) is 0 Å². The van der Waals surface area contributed by atoms with Crippen molar-refractivity contribution in [2.45, 2.75) is 31.3 Å². The second kappa shape index (κ2) is 5.21. The molecule has 2 saturated heterocycles. The fourth-order valence-corrected chi connectivity index (χ4v) is 4.00. The largest absolute Gasteiger partial charge is 0.493 e. The van der Waals surface area contributed by atoms with Gasteiger partial charge in [0.05, 0.1) is 12.1 Å². The predicted octanol–water partition coefficient (Wildman–Crippen LogP) is 1.88. The lowest BCUT2D eigenvalue weighted by atomic mass is 10.1. The lowest BCUT2D eigenvalue weighted by Crippen LogP contribution is -2.47. The number of hydrogen-bond donors (Lipinski definition) is 1. The zero-order valence-corrected chi connectivity index (χ0v) is 13.9. The molecule has 6 nitrogen and oxygen atoms in total. The Bertz CT molecular complexity index is 795. The zero-order valence-electron chi connectivity index (χ0n) is 13.9. The Morgan fingerprint density at radius 3 is 2.92 bits per heavy atom. The van der Waals surface area contributed by atoms with Crippen molar-refractivity contribution >= 4 is 16.8 Å². The summed E-state index contributed by atoms with van der Waals surface area (Å²) in [7, 11) is 2.14. The fourth-order valence-electron chi connectivity index (χ4n) is 4.00. The van der Waals surface area contributed by atoms with Gasteiger partial charge in [-0.25, -0.2) is 0 Å². The topological polar surface area (TPSA) is 61.5 Å². The summed E-state index contributed by atoms with van der Waals surface area (Å²) in [5.41, 5.74) is 1.41. The number of hydrogen-bond acceptors (Lipinski definition) is 4. The maximum absolute atomic E-state index is 13.0. The molecule has 6 heteroatoms. The maximum atomic E-state index is 13.0. The van der Waals surface area contributed by atoms with Crippen molar-refractivity contribution in [2.75, 3.05) is 26.7 Å². The Kier molecular flexibility index (Phi) is 3.10. The molecule has 126 valence electrons. The van der Waals surface area contributed by atoms with Crippen LogP contribution in [0.15, 0.2) is 18.2 Å². The van der Waals surface area contributed by atoms with Gasteiger partial charge in [0.25, 0.3) is 5.91 Å². The van der Waals surface area contributed by atoms with E-state index >= 15 is 0 Å². The van der Waals surface area contributed by atoms with Crippen molar-refractivity contribution in [1.29, 1.82) is 0 Å². The molecular formula is C18H22N4O2. The molecule has 3 heterocycles. The number of H-pyrrole nitrogens is 1. The Morgan fingerprint density at radius 1 is 1.33 bits per heavy atom. The molecular weight excluding hydrogens is 304 g/mol. The summed E-state index contributed by atoms with van der Waals surface area (Å²) in [4.78, 5) is 17.3. The Morgan fingerprint density at radius 2 is 2.21 bits per heavy atom. The van der Waals surface area contributed by atoms with Crippen LogP contribution in [0.25, 0.3) is 10.9 Å². The van der Waals surface area contributed by atoms with Gasteiger partial charge in [-0.05, 0) is 50.4 Å². The van der Waals surface area contributed by atoms with Gasteiger partial charge in [-0.2, -0.15) is 5.10 Å². The summed E-state index contributed by atoms with van der Waals surface area (Å²) in [5, 5.41) is 8.16. The number of rotatable bonds is 4. The molecule has 24 heavy (non-hydrogen) atoms. The molecule has 0 spiro atoms. The Hall–Kier alpha value is -2.08.